The number of aliphatic hydroxyl groups excluding tert-OH is 1. The lowest BCUT2D eigenvalue weighted by Crippen LogP contribution is -2.37. The van der Waals surface area contributed by atoms with E-state index in [0.717, 1.165) is 5.75 Å². The van der Waals surface area contributed by atoms with Crippen LogP contribution in [-0.4, -0.2) is 37.4 Å². The summed E-state index contributed by atoms with van der Waals surface area (Å²) < 4.78 is 10.5. The summed E-state index contributed by atoms with van der Waals surface area (Å²) >= 11 is 0. The van der Waals surface area contributed by atoms with E-state index >= 15 is 0 Å². The van der Waals surface area contributed by atoms with E-state index in [1.807, 2.05) is 6.92 Å². The van der Waals surface area contributed by atoms with Crippen LogP contribution in [-0.2, 0) is 4.79 Å². The molecule has 106 valence electrons. The second kappa shape index (κ2) is 8.37. The van der Waals surface area contributed by atoms with Gasteiger partial charge >= 0.3 is 0 Å². The van der Waals surface area contributed by atoms with Crippen LogP contribution < -0.4 is 14.8 Å². The second-order valence-corrected chi connectivity index (χ2v) is 4.13. The molecule has 0 bridgehead atoms. The van der Waals surface area contributed by atoms with E-state index in [-0.39, 0.29) is 25.0 Å². The Hall–Kier alpha value is -1.75. The second-order valence-electron chi connectivity index (χ2n) is 4.13. The fourth-order valence-electron chi connectivity index (χ4n) is 1.51. The predicted octanol–water partition coefficient (Wildman–Crippen LogP) is 1.35. The minimum atomic E-state index is -0.173. The number of hydrogen-bond acceptors (Lipinski definition) is 4. The van der Waals surface area contributed by atoms with E-state index in [0.29, 0.717) is 18.8 Å². The zero-order valence-corrected chi connectivity index (χ0v) is 11.4. The van der Waals surface area contributed by atoms with Gasteiger partial charge in [0.1, 0.15) is 11.5 Å². The molecule has 5 heteroatoms. The van der Waals surface area contributed by atoms with Crippen molar-refractivity contribution in [3.63, 3.8) is 0 Å². The number of ether oxygens (including phenoxy) is 2. The standard InChI is InChI=1S/C14H21NO4/c1-3-11(10-16)15-14(17)8-9-19-13-6-4-12(18-2)5-7-13/h4-7,11,16H,3,8-10H2,1-2H3,(H,15,17)/t11-/m0/s1. The number of benzene rings is 1. The summed E-state index contributed by atoms with van der Waals surface area (Å²) in [5.41, 5.74) is 0. The molecule has 0 fully saturated rings. The Bertz CT molecular complexity index is 374. The van der Waals surface area contributed by atoms with Gasteiger partial charge in [0.05, 0.1) is 32.8 Å². The predicted molar refractivity (Wildman–Crippen MR) is 72.4 cm³/mol. The molecule has 1 aromatic carbocycles. The van der Waals surface area contributed by atoms with Gasteiger partial charge in [-0.15, -0.1) is 0 Å². The van der Waals surface area contributed by atoms with E-state index in [1.165, 1.54) is 0 Å². The molecule has 1 rings (SSSR count). The van der Waals surface area contributed by atoms with Crippen molar-refractivity contribution in [2.45, 2.75) is 25.8 Å². The van der Waals surface area contributed by atoms with Gasteiger partial charge in [0.25, 0.3) is 0 Å². The monoisotopic (exact) mass is 267 g/mol. The van der Waals surface area contributed by atoms with Crippen LogP contribution in [0.1, 0.15) is 19.8 Å². The van der Waals surface area contributed by atoms with Gasteiger partial charge in [0.2, 0.25) is 5.91 Å². The summed E-state index contributed by atoms with van der Waals surface area (Å²) in [6, 6.07) is 7.01. The van der Waals surface area contributed by atoms with Gasteiger partial charge in [0, 0.05) is 0 Å². The summed E-state index contributed by atoms with van der Waals surface area (Å²) in [5, 5.41) is 11.7. The summed E-state index contributed by atoms with van der Waals surface area (Å²) in [6.07, 6.45) is 0.976. The lowest BCUT2D eigenvalue weighted by molar-refractivity contribution is -0.122. The summed E-state index contributed by atoms with van der Waals surface area (Å²) in [5.74, 6) is 1.34. The molecule has 0 aliphatic rings. The summed E-state index contributed by atoms with van der Waals surface area (Å²) in [6.45, 7) is 2.18. The molecule has 0 unspecified atom stereocenters. The lowest BCUT2D eigenvalue weighted by atomic mass is 10.2. The van der Waals surface area contributed by atoms with Gasteiger partial charge in [-0.25, -0.2) is 0 Å². The number of hydrogen-bond donors (Lipinski definition) is 2. The number of aliphatic hydroxyl groups is 1. The van der Waals surface area contributed by atoms with Crippen molar-refractivity contribution in [3.8, 4) is 11.5 Å². The number of rotatable bonds is 8. The molecule has 0 saturated heterocycles. The Labute approximate surface area is 113 Å². The van der Waals surface area contributed by atoms with Crippen LogP contribution in [0.15, 0.2) is 24.3 Å². The average molecular weight is 267 g/mol. The van der Waals surface area contributed by atoms with Crippen LogP contribution in [0.4, 0.5) is 0 Å². The molecule has 0 heterocycles. The molecular formula is C14H21NO4. The molecule has 0 aromatic heterocycles. The Morgan fingerprint density at radius 1 is 1.32 bits per heavy atom. The number of carbonyl (C=O) groups is 1. The first-order valence-electron chi connectivity index (χ1n) is 6.36. The Kier molecular flexibility index (Phi) is 6.74. The zero-order chi connectivity index (χ0) is 14.1. The Morgan fingerprint density at radius 2 is 1.95 bits per heavy atom. The van der Waals surface area contributed by atoms with Crippen LogP contribution in [0.5, 0.6) is 11.5 Å². The highest BCUT2D eigenvalue weighted by molar-refractivity contribution is 5.76. The Balaban J connectivity index is 2.27. The number of nitrogens with one attached hydrogen (secondary N) is 1. The van der Waals surface area contributed by atoms with Crippen molar-refractivity contribution in [1.82, 2.24) is 5.32 Å². The summed E-state index contributed by atoms with van der Waals surface area (Å²) in [7, 11) is 1.60. The first-order chi connectivity index (χ1) is 9.19. The third kappa shape index (κ3) is 5.61. The van der Waals surface area contributed by atoms with E-state index in [9.17, 15) is 4.79 Å². The molecule has 0 saturated carbocycles. The van der Waals surface area contributed by atoms with E-state index < -0.39 is 0 Å². The van der Waals surface area contributed by atoms with Crippen LogP contribution >= 0.6 is 0 Å². The van der Waals surface area contributed by atoms with Crippen LogP contribution in [0.2, 0.25) is 0 Å². The largest absolute Gasteiger partial charge is 0.497 e. The maximum Gasteiger partial charge on any atom is 0.223 e. The molecular weight excluding hydrogens is 246 g/mol. The smallest absolute Gasteiger partial charge is 0.223 e. The maximum atomic E-state index is 11.5. The highest BCUT2D eigenvalue weighted by Gasteiger charge is 2.08. The lowest BCUT2D eigenvalue weighted by Gasteiger charge is -2.14. The zero-order valence-electron chi connectivity index (χ0n) is 11.4. The topological polar surface area (TPSA) is 67.8 Å². The highest BCUT2D eigenvalue weighted by Crippen LogP contribution is 2.16. The fourth-order valence-corrected chi connectivity index (χ4v) is 1.51. The molecule has 0 aliphatic heterocycles. The van der Waals surface area contributed by atoms with Crippen molar-refractivity contribution in [3.05, 3.63) is 24.3 Å². The summed E-state index contributed by atoms with van der Waals surface area (Å²) in [4.78, 5) is 11.5. The van der Waals surface area contributed by atoms with Gasteiger partial charge in [-0.3, -0.25) is 4.79 Å². The highest BCUT2D eigenvalue weighted by atomic mass is 16.5. The molecule has 5 nitrogen and oxygen atoms in total. The van der Waals surface area contributed by atoms with Crippen LogP contribution in [0, 0.1) is 0 Å². The molecule has 1 aromatic rings. The molecule has 1 atom stereocenters. The van der Waals surface area contributed by atoms with Gasteiger partial charge in [-0.2, -0.15) is 0 Å². The van der Waals surface area contributed by atoms with Gasteiger partial charge in [-0.05, 0) is 30.7 Å². The minimum absolute atomic E-state index is 0.0401. The SMILES string of the molecule is CC[C@@H](CO)NC(=O)CCOc1ccc(OC)cc1. The quantitative estimate of drug-likeness (QED) is 0.746. The third-order valence-corrected chi connectivity index (χ3v) is 2.74. The van der Waals surface area contributed by atoms with Crippen molar-refractivity contribution in [1.29, 1.82) is 0 Å². The van der Waals surface area contributed by atoms with Crippen molar-refractivity contribution >= 4 is 5.91 Å². The van der Waals surface area contributed by atoms with Gasteiger partial charge in [0.15, 0.2) is 0 Å². The van der Waals surface area contributed by atoms with Gasteiger partial charge < -0.3 is 19.9 Å². The molecule has 0 radical (unpaired) electrons. The van der Waals surface area contributed by atoms with E-state index in [4.69, 9.17) is 14.6 Å². The maximum absolute atomic E-state index is 11.5. The first-order valence-corrected chi connectivity index (χ1v) is 6.36. The molecule has 2 N–H and O–H groups in total. The van der Waals surface area contributed by atoms with Crippen molar-refractivity contribution in [2.24, 2.45) is 0 Å². The fraction of sp³-hybridized carbons (Fsp3) is 0.500. The third-order valence-electron chi connectivity index (χ3n) is 2.74. The van der Waals surface area contributed by atoms with Crippen molar-refractivity contribution in [2.75, 3.05) is 20.3 Å². The molecule has 0 aliphatic carbocycles. The van der Waals surface area contributed by atoms with E-state index in [1.54, 1.807) is 31.4 Å². The normalized spacial score (nSPS) is 11.7. The molecule has 1 amide bonds. The van der Waals surface area contributed by atoms with Crippen molar-refractivity contribution < 1.29 is 19.4 Å². The number of amides is 1. The first kappa shape index (κ1) is 15.3. The van der Waals surface area contributed by atoms with Crippen LogP contribution in [0.25, 0.3) is 0 Å². The average Bonchev–Trinajstić information content (AvgIpc) is 2.45. The van der Waals surface area contributed by atoms with E-state index in [2.05, 4.69) is 5.32 Å². The van der Waals surface area contributed by atoms with Gasteiger partial charge in [-0.1, -0.05) is 6.92 Å². The molecule has 0 spiro atoms. The Morgan fingerprint density at radius 3 is 2.47 bits per heavy atom. The minimum Gasteiger partial charge on any atom is -0.497 e. The van der Waals surface area contributed by atoms with Crippen LogP contribution in [0.3, 0.4) is 0 Å². The number of carbonyl (C=O) groups excluding carboxylic acids is 1. The molecule has 19 heavy (non-hydrogen) atoms. The number of methoxy groups -OCH3 is 1.